The number of anilines is 1. The summed E-state index contributed by atoms with van der Waals surface area (Å²) in [7, 11) is -3.34. The third-order valence-corrected chi connectivity index (χ3v) is 9.52. The quantitative estimate of drug-likeness (QED) is 0.667. The van der Waals surface area contributed by atoms with E-state index in [9.17, 15) is 22.3 Å². The van der Waals surface area contributed by atoms with Crippen LogP contribution in [0.25, 0.3) is 0 Å². The van der Waals surface area contributed by atoms with Crippen LogP contribution in [0.3, 0.4) is 0 Å². The standard InChI is InChI=1S/C19H21F3N2O2S/c1-2-7-18-14-5-3-12(8-14)17(18)11-24(27(18,25)26)15-6-4-13(10-23)16(9-15)19(20,21)22/h2,4,6,9,12,14,17,25-26H,1,3,5,7-8,11H2/t12-,14+,17-,18+/m1/s1. The van der Waals surface area contributed by atoms with Gasteiger partial charge in [0.1, 0.15) is 0 Å². The Labute approximate surface area is 157 Å². The summed E-state index contributed by atoms with van der Waals surface area (Å²) in [5.74, 6) is 0.553. The molecule has 4 rings (SSSR count). The summed E-state index contributed by atoms with van der Waals surface area (Å²) >= 11 is 0. The number of nitriles is 1. The molecule has 1 saturated heterocycles. The van der Waals surface area contributed by atoms with Gasteiger partial charge < -0.3 is 0 Å². The van der Waals surface area contributed by atoms with Crippen LogP contribution in [0.15, 0.2) is 30.9 Å². The van der Waals surface area contributed by atoms with E-state index < -0.39 is 32.8 Å². The van der Waals surface area contributed by atoms with Gasteiger partial charge in [-0.05, 0) is 55.7 Å². The Bertz CT molecular complexity index is 835. The van der Waals surface area contributed by atoms with Gasteiger partial charge in [0.2, 0.25) is 0 Å². The van der Waals surface area contributed by atoms with E-state index in [4.69, 9.17) is 5.26 Å². The largest absolute Gasteiger partial charge is 0.417 e. The highest BCUT2D eigenvalue weighted by Crippen LogP contribution is 2.77. The minimum Gasteiger partial charge on any atom is -0.281 e. The summed E-state index contributed by atoms with van der Waals surface area (Å²) in [6.07, 6.45) is 0.352. The molecule has 2 N–H and O–H groups in total. The lowest BCUT2D eigenvalue weighted by molar-refractivity contribution is -0.137. The van der Waals surface area contributed by atoms with Crippen LogP contribution in [0, 0.1) is 29.1 Å². The average molecular weight is 398 g/mol. The van der Waals surface area contributed by atoms with Crippen molar-refractivity contribution in [2.45, 2.75) is 36.6 Å². The van der Waals surface area contributed by atoms with E-state index in [0.29, 0.717) is 18.9 Å². The van der Waals surface area contributed by atoms with Gasteiger partial charge in [0, 0.05) is 12.5 Å². The number of halogens is 3. The van der Waals surface area contributed by atoms with E-state index in [2.05, 4.69) is 6.58 Å². The van der Waals surface area contributed by atoms with Gasteiger partial charge in [0.25, 0.3) is 0 Å². The molecular formula is C19H21F3N2O2S. The Balaban J connectivity index is 1.80. The molecule has 0 spiro atoms. The smallest absolute Gasteiger partial charge is 0.281 e. The second kappa shape index (κ2) is 5.90. The van der Waals surface area contributed by atoms with E-state index in [1.165, 1.54) is 10.4 Å². The maximum atomic E-state index is 13.4. The van der Waals surface area contributed by atoms with Crippen molar-refractivity contribution in [1.29, 1.82) is 5.26 Å². The maximum absolute atomic E-state index is 13.4. The molecule has 0 unspecified atom stereocenters. The monoisotopic (exact) mass is 398 g/mol. The number of rotatable bonds is 3. The zero-order chi connectivity index (χ0) is 19.6. The number of alkyl halides is 3. The van der Waals surface area contributed by atoms with E-state index in [-0.39, 0.29) is 17.5 Å². The molecule has 4 nitrogen and oxygen atoms in total. The van der Waals surface area contributed by atoms with Crippen LogP contribution >= 0.6 is 10.8 Å². The van der Waals surface area contributed by atoms with E-state index in [0.717, 1.165) is 31.4 Å². The first-order chi connectivity index (χ1) is 12.7. The lowest BCUT2D eigenvalue weighted by atomic mass is 9.76. The van der Waals surface area contributed by atoms with Crippen molar-refractivity contribution in [3.05, 3.63) is 42.0 Å². The predicted octanol–water partition coefficient (Wildman–Crippen LogP) is 5.42. The Morgan fingerprint density at radius 3 is 2.74 bits per heavy atom. The molecule has 2 saturated carbocycles. The Kier molecular flexibility index (Phi) is 4.08. The lowest BCUT2D eigenvalue weighted by Gasteiger charge is -2.53. The summed E-state index contributed by atoms with van der Waals surface area (Å²) in [6.45, 7) is 4.10. The molecule has 1 aromatic carbocycles. The molecule has 146 valence electrons. The molecule has 1 heterocycles. The molecule has 1 aromatic rings. The maximum Gasteiger partial charge on any atom is 0.417 e. The van der Waals surface area contributed by atoms with E-state index in [1.807, 2.05) is 0 Å². The van der Waals surface area contributed by atoms with Gasteiger partial charge in [-0.1, -0.05) is 6.08 Å². The summed E-state index contributed by atoms with van der Waals surface area (Å²) < 4.78 is 63.2. The van der Waals surface area contributed by atoms with Crippen LogP contribution in [0.5, 0.6) is 0 Å². The fraction of sp³-hybridized carbons (Fsp3) is 0.526. The third kappa shape index (κ3) is 2.38. The van der Waals surface area contributed by atoms with E-state index >= 15 is 0 Å². The molecule has 8 heteroatoms. The molecule has 27 heavy (non-hydrogen) atoms. The summed E-state index contributed by atoms with van der Waals surface area (Å²) in [5.41, 5.74) is -1.41. The summed E-state index contributed by atoms with van der Waals surface area (Å²) in [5, 5.41) is 8.99. The zero-order valence-electron chi connectivity index (χ0n) is 14.6. The fourth-order valence-corrected chi connectivity index (χ4v) is 8.53. The Morgan fingerprint density at radius 2 is 2.11 bits per heavy atom. The lowest BCUT2D eigenvalue weighted by Crippen LogP contribution is -2.44. The predicted molar refractivity (Wildman–Crippen MR) is 98.2 cm³/mol. The second-order valence-corrected chi connectivity index (χ2v) is 9.98. The van der Waals surface area contributed by atoms with Gasteiger partial charge in [-0.3, -0.25) is 13.4 Å². The van der Waals surface area contributed by atoms with Gasteiger partial charge >= 0.3 is 6.18 Å². The number of hydrogen-bond acceptors (Lipinski definition) is 4. The van der Waals surface area contributed by atoms with Gasteiger partial charge in [-0.25, -0.2) is 0 Å². The van der Waals surface area contributed by atoms with Crippen molar-refractivity contribution in [3.8, 4) is 6.07 Å². The molecule has 0 amide bonds. The van der Waals surface area contributed by atoms with Crippen LogP contribution in [0.4, 0.5) is 18.9 Å². The summed E-state index contributed by atoms with van der Waals surface area (Å²) in [4.78, 5) is 0. The second-order valence-electron chi connectivity index (χ2n) is 7.74. The number of allylic oxidation sites excluding steroid dienone is 1. The summed E-state index contributed by atoms with van der Waals surface area (Å²) in [6, 6.07) is 4.92. The zero-order valence-corrected chi connectivity index (χ0v) is 15.4. The van der Waals surface area contributed by atoms with Crippen molar-refractivity contribution in [1.82, 2.24) is 0 Å². The normalized spacial score (nSPS) is 35.0. The molecule has 4 atom stereocenters. The first kappa shape index (κ1) is 18.7. The first-order valence-electron chi connectivity index (χ1n) is 8.94. The van der Waals surface area contributed by atoms with Gasteiger partial charge in [-0.2, -0.15) is 18.4 Å². The van der Waals surface area contributed by atoms with Gasteiger partial charge in [0.15, 0.2) is 0 Å². The van der Waals surface area contributed by atoms with Gasteiger partial charge in [-0.15, -0.1) is 17.4 Å². The average Bonchev–Trinajstić information content (AvgIpc) is 3.25. The van der Waals surface area contributed by atoms with Crippen molar-refractivity contribution >= 4 is 16.5 Å². The third-order valence-electron chi connectivity index (χ3n) is 6.72. The SMILES string of the molecule is C=CC[C@]12[C@H]3CC[C@H](C3)[C@H]1CN(c1ccc(C#N)c(C(F)(F)F)c1)S2(O)O. The van der Waals surface area contributed by atoms with Crippen LogP contribution in [0.2, 0.25) is 0 Å². The molecular weight excluding hydrogens is 377 g/mol. The number of fused-ring (bicyclic) bond motifs is 5. The first-order valence-corrected chi connectivity index (χ1v) is 10.4. The highest BCUT2D eigenvalue weighted by Gasteiger charge is 2.69. The number of benzene rings is 1. The Morgan fingerprint density at radius 1 is 1.37 bits per heavy atom. The molecule has 2 aliphatic carbocycles. The highest BCUT2D eigenvalue weighted by atomic mass is 32.3. The van der Waals surface area contributed by atoms with Crippen LogP contribution in [-0.4, -0.2) is 20.4 Å². The Hall–Kier alpha value is -1.69. The van der Waals surface area contributed by atoms with Crippen molar-refractivity contribution in [2.75, 3.05) is 10.8 Å². The van der Waals surface area contributed by atoms with Crippen molar-refractivity contribution in [3.63, 3.8) is 0 Å². The minimum absolute atomic E-state index is 0.0317. The fourth-order valence-electron chi connectivity index (χ4n) is 5.67. The van der Waals surface area contributed by atoms with Gasteiger partial charge in [0.05, 0.1) is 27.6 Å². The topological polar surface area (TPSA) is 67.5 Å². The molecule has 2 bridgehead atoms. The van der Waals surface area contributed by atoms with Crippen molar-refractivity contribution < 1.29 is 22.3 Å². The minimum atomic E-state index is -4.68. The number of hydrogen-bond donors (Lipinski definition) is 2. The van der Waals surface area contributed by atoms with Crippen LogP contribution in [0.1, 0.15) is 36.8 Å². The molecule has 3 aliphatic rings. The molecule has 3 fully saturated rings. The number of nitrogens with zero attached hydrogens (tertiary/aromatic N) is 2. The molecule has 0 radical (unpaired) electrons. The molecule has 1 aliphatic heterocycles. The van der Waals surface area contributed by atoms with Crippen molar-refractivity contribution in [2.24, 2.45) is 17.8 Å². The van der Waals surface area contributed by atoms with E-state index in [1.54, 1.807) is 12.1 Å². The highest BCUT2D eigenvalue weighted by molar-refractivity contribution is 8.26. The van der Waals surface area contributed by atoms with Crippen LogP contribution < -0.4 is 4.31 Å². The van der Waals surface area contributed by atoms with Crippen LogP contribution in [-0.2, 0) is 6.18 Å². The molecule has 0 aromatic heterocycles.